The zero-order valence-electron chi connectivity index (χ0n) is 13.5. The molecule has 1 atom stereocenters. The predicted octanol–water partition coefficient (Wildman–Crippen LogP) is 3.81. The Hall–Kier alpha value is -1.59. The van der Waals surface area contributed by atoms with E-state index in [0.717, 1.165) is 29.7 Å². The third kappa shape index (κ3) is 4.28. The molecule has 1 aliphatic rings. The maximum Gasteiger partial charge on any atom is 0.189 e. The third-order valence-electron chi connectivity index (χ3n) is 4.14. The summed E-state index contributed by atoms with van der Waals surface area (Å²) in [4.78, 5) is 0. The first-order chi connectivity index (χ1) is 11.8. The molecule has 0 fully saturated rings. The van der Waals surface area contributed by atoms with Crippen LogP contribution in [0.4, 0.5) is 0 Å². The van der Waals surface area contributed by atoms with Gasteiger partial charge in [-0.25, -0.2) is 0 Å². The first-order valence-corrected chi connectivity index (χ1v) is 8.56. The van der Waals surface area contributed by atoms with Crippen LogP contribution in [0.5, 0.6) is 5.75 Å². The van der Waals surface area contributed by atoms with Crippen LogP contribution in [0.3, 0.4) is 0 Å². The van der Waals surface area contributed by atoms with E-state index in [4.69, 9.17) is 26.2 Å². The molecule has 0 saturated heterocycles. The van der Waals surface area contributed by atoms with Crippen molar-refractivity contribution in [2.24, 2.45) is 0 Å². The Morgan fingerprint density at radius 2 is 2.04 bits per heavy atom. The van der Waals surface area contributed by atoms with Gasteiger partial charge in [-0.2, -0.15) is 0 Å². The first kappa shape index (κ1) is 17.2. The maximum absolute atomic E-state index is 9.16. The van der Waals surface area contributed by atoms with E-state index in [9.17, 15) is 0 Å². The largest absolute Gasteiger partial charge is 0.467 e. The SMILES string of the molecule is OCCCC(NCc1cc(Cl)cc2c1OCOC2)c1ccccc1. The topological polar surface area (TPSA) is 50.7 Å². The number of hydrogen-bond donors (Lipinski definition) is 2. The molecule has 0 bridgehead atoms. The Kier molecular flexibility index (Phi) is 6.10. The molecule has 0 aromatic heterocycles. The second kappa shape index (κ2) is 8.49. The number of hydrogen-bond acceptors (Lipinski definition) is 4. The van der Waals surface area contributed by atoms with Crippen molar-refractivity contribution in [2.45, 2.75) is 32.0 Å². The minimum Gasteiger partial charge on any atom is -0.467 e. The summed E-state index contributed by atoms with van der Waals surface area (Å²) in [5, 5.41) is 13.4. The Morgan fingerprint density at radius 1 is 1.21 bits per heavy atom. The average molecular weight is 348 g/mol. The van der Waals surface area contributed by atoms with Gasteiger partial charge in [-0.1, -0.05) is 41.9 Å². The lowest BCUT2D eigenvalue weighted by molar-refractivity contribution is -0.0171. The van der Waals surface area contributed by atoms with E-state index in [-0.39, 0.29) is 19.4 Å². The van der Waals surface area contributed by atoms with Crippen molar-refractivity contribution in [1.82, 2.24) is 5.32 Å². The summed E-state index contributed by atoms with van der Waals surface area (Å²) < 4.78 is 11.0. The van der Waals surface area contributed by atoms with E-state index < -0.39 is 0 Å². The summed E-state index contributed by atoms with van der Waals surface area (Å²) in [7, 11) is 0. The van der Waals surface area contributed by atoms with Gasteiger partial charge in [0.05, 0.1) is 6.61 Å². The van der Waals surface area contributed by atoms with Crippen LogP contribution in [0.15, 0.2) is 42.5 Å². The first-order valence-electron chi connectivity index (χ1n) is 8.19. The van der Waals surface area contributed by atoms with E-state index in [1.165, 1.54) is 5.56 Å². The number of aliphatic hydroxyl groups is 1. The monoisotopic (exact) mass is 347 g/mol. The number of ether oxygens (including phenoxy) is 2. The minimum atomic E-state index is 0.174. The second-order valence-electron chi connectivity index (χ2n) is 5.87. The molecule has 24 heavy (non-hydrogen) atoms. The second-order valence-corrected chi connectivity index (χ2v) is 6.31. The van der Waals surface area contributed by atoms with Crippen LogP contribution in [0.1, 0.15) is 35.6 Å². The molecule has 3 rings (SSSR count). The molecule has 5 heteroatoms. The molecule has 2 N–H and O–H groups in total. The van der Waals surface area contributed by atoms with Crippen molar-refractivity contribution in [1.29, 1.82) is 0 Å². The highest BCUT2D eigenvalue weighted by atomic mass is 35.5. The van der Waals surface area contributed by atoms with E-state index in [0.29, 0.717) is 18.2 Å². The lowest BCUT2D eigenvalue weighted by atomic mass is 10.0. The van der Waals surface area contributed by atoms with Gasteiger partial charge in [0, 0.05) is 35.3 Å². The van der Waals surface area contributed by atoms with Gasteiger partial charge in [-0.15, -0.1) is 0 Å². The highest BCUT2D eigenvalue weighted by molar-refractivity contribution is 6.30. The molecular formula is C19H22ClNO3. The number of nitrogens with one attached hydrogen (secondary N) is 1. The molecule has 0 aliphatic carbocycles. The zero-order valence-corrected chi connectivity index (χ0v) is 14.3. The molecule has 1 aliphatic heterocycles. The Labute approximate surface area is 147 Å². The summed E-state index contributed by atoms with van der Waals surface area (Å²) in [5.41, 5.74) is 3.23. The summed E-state index contributed by atoms with van der Waals surface area (Å²) in [6.07, 6.45) is 1.62. The van der Waals surface area contributed by atoms with E-state index in [1.54, 1.807) is 0 Å². The van der Waals surface area contributed by atoms with Gasteiger partial charge in [0.15, 0.2) is 6.79 Å². The van der Waals surface area contributed by atoms with Crippen molar-refractivity contribution in [3.05, 3.63) is 64.2 Å². The Morgan fingerprint density at radius 3 is 2.83 bits per heavy atom. The minimum absolute atomic E-state index is 0.174. The van der Waals surface area contributed by atoms with Crippen molar-refractivity contribution in [3.63, 3.8) is 0 Å². The van der Waals surface area contributed by atoms with Crippen molar-refractivity contribution < 1.29 is 14.6 Å². The number of halogens is 1. The Balaban J connectivity index is 1.76. The van der Waals surface area contributed by atoms with Crippen LogP contribution in [-0.4, -0.2) is 18.5 Å². The van der Waals surface area contributed by atoms with Crippen LogP contribution < -0.4 is 10.1 Å². The zero-order chi connectivity index (χ0) is 16.8. The van der Waals surface area contributed by atoms with Gasteiger partial charge in [0.1, 0.15) is 5.75 Å². The van der Waals surface area contributed by atoms with E-state index in [2.05, 4.69) is 17.4 Å². The molecule has 2 aromatic rings. The van der Waals surface area contributed by atoms with Crippen LogP contribution in [-0.2, 0) is 17.9 Å². The highest BCUT2D eigenvalue weighted by Crippen LogP contribution is 2.32. The summed E-state index contributed by atoms with van der Waals surface area (Å²) in [6.45, 7) is 1.63. The van der Waals surface area contributed by atoms with Gasteiger partial charge < -0.3 is 19.9 Å². The van der Waals surface area contributed by atoms with Crippen LogP contribution in [0.2, 0.25) is 5.02 Å². The molecular weight excluding hydrogens is 326 g/mol. The van der Waals surface area contributed by atoms with Gasteiger partial charge in [-0.3, -0.25) is 0 Å². The fourth-order valence-electron chi connectivity index (χ4n) is 2.99. The fourth-order valence-corrected chi connectivity index (χ4v) is 3.25. The maximum atomic E-state index is 9.16. The molecule has 128 valence electrons. The normalized spacial score (nSPS) is 14.8. The Bertz CT molecular complexity index is 663. The number of aliphatic hydroxyl groups excluding tert-OH is 1. The van der Waals surface area contributed by atoms with Crippen molar-refractivity contribution in [3.8, 4) is 5.75 Å². The quantitative estimate of drug-likeness (QED) is 0.799. The molecule has 0 saturated carbocycles. The van der Waals surface area contributed by atoms with Crippen molar-refractivity contribution in [2.75, 3.05) is 13.4 Å². The standard InChI is InChI=1S/C19H22ClNO3/c20-17-9-15(19-16(10-17)12-23-13-24-19)11-21-18(7-4-8-22)14-5-2-1-3-6-14/h1-3,5-6,9-10,18,21-22H,4,7-8,11-13H2. The lowest BCUT2D eigenvalue weighted by Crippen LogP contribution is -2.23. The van der Waals surface area contributed by atoms with Crippen LogP contribution in [0, 0.1) is 0 Å². The van der Waals surface area contributed by atoms with Gasteiger partial charge in [0.25, 0.3) is 0 Å². The summed E-state index contributed by atoms with van der Waals surface area (Å²) in [6, 6.07) is 14.3. The number of rotatable bonds is 7. The van der Waals surface area contributed by atoms with Gasteiger partial charge in [-0.05, 0) is 30.5 Å². The predicted molar refractivity (Wildman–Crippen MR) is 94.1 cm³/mol. The summed E-state index contributed by atoms with van der Waals surface area (Å²) >= 11 is 6.23. The highest BCUT2D eigenvalue weighted by Gasteiger charge is 2.18. The summed E-state index contributed by atoms with van der Waals surface area (Å²) in [5.74, 6) is 0.868. The number of fused-ring (bicyclic) bond motifs is 1. The third-order valence-corrected chi connectivity index (χ3v) is 4.36. The van der Waals surface area contributed by atoms with E-state index >= 15 is 0 Å². The fraction of sp³-hybridized carbons (Fsp3) is 0.368. The van der Waals surface area contributed by atoms with Gasteiger partial charge >= 0.3 is 0 Å². The van der Waals surface area contributed by atoms with Crippen LogP contribution in [0.25, 0.3) is 0 Å². The molecule has 0 radical (unpaired) electrons. The van der Waals surface area contributed by atoms with Crippen molar-refractivity contribution >= 4 is 11.6 Å². The van der Waals surface area contributed by atoms with Gasteiger partial charge in [0.2, 0.25) is 0 Å². The molecule has 4 nitrogen and oxygen atoms in total. The van der Waals surface area contributed by atoms with Crippen LogP contribution >= 0.6 is 11.6 Å². The number of benzene rings is 2. The average Bonchev–Trinajstić information content (AvgIpc) is 2.62. The molecule has 0 amide bonds. The molecule has 1 heterocycles. The molecule has 0 spiro atoms. The lowest BCUT2D eigenvalue weighted by Gasteiger charge is -2.23. The molecule has 2 aromatic carbocycles. The van der Waals surface area contributed by atoms with E-state index in [1.807, 2.05) is 30.3 Å². The smallest absolute Gasteiger partial charge is 0.189 e. The molecule has 1 unspecified atom stereocenters.